The number of amides is 2. The van der Waals surface area contributed by atoms with E-state index in [2.05, 4.69) is 36.1 Å². The fourth-order valence-corrected chi connectivity index (χ4v) is 4.08. The van der Waals surface area contributed by atoms with Gasteiger partial charge in [-0.15, -0.1) is 0 Å². The van der Waals surface area contributed by atoms with E-state index in [1.807, 2.05) is 50.2 Å². The van der Waals surface area contributed by atoms with Crippen LogP contribution in [-0.2, 0) is 19.5 Å². The Morgan fingerprint density at radius 2 is 1.71 bits per heavy atom. The molecule has 2 amide bonds. The number of fused-ring (bicyclic) bond motifs is 1. The molecule has 0 aliphatic rings. The van der Waals surface area contributed by atoms with Crippen LogP contribution in [0.5, 0.6) is 0 Å². The molecular weight excluding hydrogens is 488 g/mol. The topological polar surface area (TPSA) is 161 Å². The maximum Gasteiger partial charge on any atom is 0.365 e. The molecule has 38 heavy (non-hydrogen) atoms. The number of nitrogens with zero attached hydrogens (tertiary/aromatic N) is 5. The van der Waals surface area contributed by atoms with E-state index >= 15 is 0 Å². The van der Waals surface area contributed by atoms with Crippen molar-refractivity contribution in [2.75, 3.05) is 0 Å². The number of H-pyrrole nitrogens is 1. The number of hydrogen-bond donors (Lipinski definition) is 3. The highest BCUT2D eigenvalue weighted by molar-refractivity contribution is 5.97. The number of aromatic nitrogens is 6. The lowest BCUT2D eigenvalue weighted by Gasteiger charge is -2.11. The quantitative estimate of drug-likeness (QED) is 0.285. The van der Waals surface area contributed by atoms with Gasteiger partial charge >= 0.3 is 5.69 Å². The van der Waals surface area contributed by atoms with Gasteiger partial charge in [-0.3, -0.25) is 9.59 Å². The Bertz CT molecular complexity index is 1700. The Balaban J connectivity index is 1.22. The second-order valence-corrected chi connectivity index (χ2v) is 8.61. The zero-order valence-corrected chi connectivity index (χ0v) is 20.7. The normalized spacial score (nSPS) is 11.0. The Morgan fingerprint density at radius 3 is 2.42 bits per heavy atom. The first-order valence-electron chi connectivity index (χ1n) is 11.9. The van der Waals surface area contributed by atoms with Crippen molar-refractivity contribution >= 4 is 22.8 Å². The fraction of sp³-hybridized carbons (Fsp3) is 0.192. The summed E-state index contributed by atoms with van der Waals surface area (Å²) in [5.74, 6) is -0.0534. The summed E-state index contributed by atoms with van der Waals surface area (Å²) in [5, 5.41) is 16.1. The number of furan rings is 1. The summed E-state index contributed by atoms with van der Waals surface area (Å²) in [5.41, 5.74) is 3.71. The van der Waals surface area contributed by atoms with Crippen LogP contribution in [0.2, 0.25) is 0 Å². The van der Waals surface area contributed by atoms with Crippen LogP contribution in [0.4, 0.5) is 0 Å². The predicted octanol–water partition coefficient (Wildman–Crippen LogP) is 2.22. The molecule has 12 heteroatoms. The number of carbonyl (C=O) groups excluding carboxylic acids is 2. The largest absolute Gasteiger partial charge is 0.461 e. The summed E-state index contributed by atoms with van der Waals surface area (Å²) in [6.07, 6.45) is 1.86. The van der Waals surface area contributed by atoms with Crippen LogP contribution in [0.15, 0.2) is 64.1 Å². The molecule has 5 aromatic rings. The number of tetrazole rings is 1. The average Bonchev–Trinajstić information content (AvgIpc) is 3.54. The summed E-state index contributed by atoms with van der Waals surface area (Å²) in [6.45, 7) is 4.36. The van der Waals surface area contributed by atoms with Gasteiger partial charge in [-0.1, -0.05) is 25.1 Å². The third-order valence-electron chi connectivity index (χ3n) is 6.02. The van der Waals surface area contributed by atoms with Crippen molar-refractivity contribution < 1.29 is 14.0 Å². The lowest BCUT2D eigenvalue weighted by molar-refractivity contribution is 0.0944. The highest BCUT2D eigenvalue weighted by Gasteiger charge is 2.15. The van der Waals surface area contributed by atoms with Gasteiger partial charge in [-0.2, -0.15) is 4.68 Å². The van der Waals surface area contributed by atoms with Gasteiger partial charge in [0, 0.05) is 24.5 Å². The second kappa shape index (κ2) is 10.5. The number of benzene rings is 2. The number of carbonyl (C=O) groups is 2. The van der Waals surface area contributed by atoms with Crippen molar-refractivity contribution in [3.63, 3.8) is 0 Å². The molecule has 0 saturated heterocycles. The average molecular weight is 513 g/mol. The van der Waals surface area contributed by atoms with Gasteiger partial charge in [-0.25, -0.2) is 19.9 Å². The Hall–Kier alpha value is -5.13. The van der Waals surface area contributed by atoms with Gasteiger partial charge in [0.2, 0.25) is 0 Å². The number of hydrogen-bond acceptors (Lipinski definition) is 8. The maximum absolute atomic E-state index is 12.8. The van der Waals surface area contributed by atoms with Gasteiger partial charge in [0.25, 0.3) is 11.8 Å². The summed E-state index contributed by atoms with van der Waals surface area (Å²) in [7, 11) is 0. The number of aryl methyl sites for hydroxylation is 2. The first kappa shape index (κ1) is 24.6. The summed E-state index contributed by atoms with van der Waals surface area (Å²) < 4.78 is 6.80. The molecule has 0 unspecified atom stereocenters. The molecule has 0 spiro atoms. The first-order chi connectivity index (χ1) is 18.4. The van der Waals surface area contributed by atoms with E-state index in [0.717, 1.165) is 38.1 Å². The van der Waals surface area contributed by atoms with Crippen molar-refractivity contribution in [3.05, 3.63) is 99.2 Å². The maximum atomic E-state index is 12.8. The van der Waals surface area contributed by atoms with Gasteiger partial charge in [0.15, 0.2) is 0 Å². The predicted molar refractivity (Wildman–Crippen MR) is 137 cm³/mol. The van der Waals surface area contributed by atoms with E-state index in [9.17, 15) is 14.4 Å². The van der Waals surface area contributed by atoms with Crippen molar-refractivity contribution in [2.24, 2.45) is 0 Å². The molecule has 3 aromatic heterocycles. The first-order valence-corrected chi connectivity index (χ1v) is 11.9. The molecule has 12 nitrogen and oxygen atoms in total. The minimum Gasteiger partial charge on any atom is -0.461 e. The number of rotatable bonds is 8. The van der Waals surface area contributed by atoms with Crippen molar-refractivity contribution in [1.82, 2.24) is 40.8 Å². The van der Waals surface area contributed by atoms with Gasteiger partial charge in [0.1, 0.15) is 29.1 Å². The van der Waals surface area contributed by atoms with Gasteiger partial charge in [-0.05, 0) is 64.7 Å². The molecule has 0 saturated carbocycles. The van der Waals surface area contributed by atoms with Crippen LogP contribution in [0, 0.1) is 6.92 Å². The molecule has 0 aliphatic carbocycles. The molecule has 5 rings (SSSR count). The molecule has 3 N–H and O–H groups in total. The van der Waals surface area contributed by atoms with Crippen LogP contribution in [0.25, 0.3) is 16.7 Å². The Morgan fingerprint density at radius 1 is 0.947 bits per heavy atom. The summed E-state index contributed by atoms with van der Waals surface area (Å²) in [4.78, 5) is 45.3. The zero-order valence-electron chi connectivity index (χ0n) is 20.7. The number of aromatic amines is 1. The van der Waals surface area contributed by atoms with Crippen LogP contribution < -0.4 is 16.3 Å². The lowest BCUT2D eigenvalue weighted by Crippen LogP contribution is -2.27. The molecule has 2 aromatic carbocycles. The summed E-state index contributed by atoms with van der Waals surface area (Å²) in [6, 6.07) is 14.4. The monoisotopic (exact) mass is 512 g/mol. The Kier molecular flexibility index (Phi) is 6.76. The molecule has 192 valence electrons. The smallest absolute Gasteiger partial charge is 0.365 e. The SMILES string of the molecule is CCc1cc(-n2nn[nH]c2=O)ccc1CNC(=O)c1cc(C(=O)NCc2ccc3cc(C)oc3c2)ncn1. The van der Waals surface area contributed by atoms with Crippen LogP contribution in [0.1, 0.15) is 50.4 Å². The highest BCUT2D eigenvalue weighted by atomic mass is 16.3. The van der Waals surface area contributed by atoms with Crippen molar-refractivity contribution in [1.29, 1.82) is 0 Å². The van der Waals surface area contributed by atoms with E-state index in [1.54, 1.807) is 6.07 Å². The molecule has 0 radical (unpaired) electrons. The molecule has 0 fully saturated rings. The molecule has 0 atom stereocenters. The number of nitrogens with one attached hydrogen (secondary N) is 3. The molecule has 0 aliphatic heterocycles. The van der Waals surface area contributed by atoms with Crippen LogP contribution in [0.3, 0.4) is 0 Å². The summed E-state index contributed by atoms with van der Waals surface area (Å²) >= 11 is 0. The lowest BCUT2D eigenvalue weighted by atomic mass is 10.0. The third kappa shape index (κ3) is 5.19. The fourth-order valence-electron chi connectivity index (χ4n) is 4.08. The van der Waals surface area contributed by atoms with E-state index < -0.39 is 17.5 Å². The highest BCUT2D eigenvalue weighted by Crippen LogP contribution is 2.20. The molecular formula is C26H24N8O4. The van der Waals surface area contributed by atoms with Crippen molar-refractivity contribution in [3.8, 4) is 5.69 Å². The minimum atomic E-state index is -0.445. The van der Waals surface area contributed by atoms with Gasteiger partial charge in [0.05, 0.1) is 5.69 Å². The second-order valence-electron chi connectivity index (χ2n) is 8.61. The van der Waals surface area contributed by atoms with Crippen LogP contribution in [-0.4, -0.2) is 42.0 Å². The van der Waals surface area contributed by atoms with E-state index in [0.29, 0.717) is 12.1 Å². The van der Waals surface area contributed by atoms with Gasteiger partial charge < -0.3 is 15.1 Å². The van der Waals surface area contributed by atoms with E-state index in [-0.39, 0.29) is 24.5 Å². The van der Waals surface area contributed by atoms with E-state index in [1.165, 1.54) is 12.4 Å². The Labute approximate surface area is 216 Å². The third-order valence-corrected chi connectivity index (χ3v) is 6.02. The minimum absolute atomic E-state index is 0.0708. The van der Waals surface area contributed by atoms with Crippen molar-refractivity contribution in [2.45, 2.75) is 33.4 Å². The molecule has 0 bridgehead atoms. The van der Waals surface area contributed by atoms with Crippen LogP contribution >= 0.6 is 0 Å². The zero-order chi connectivity index (χ0) is 26.6. The standard InChI is InChI=1S/C26H24N8O4/c1-3-17-10-20(34-26(37)31-32-33-34)7-6-19(17)13-28-25(36)22-11-21(29-14-30-22)24(35)27-12-16-4-5-18-8-15(2)38-23(18)9-16/h4-11,14H,3,12-13H2,1-2H3,(H,27,35)(H,28,36)(H,31,33,37). The molecule has 3 heterocycles. The van der Waals surface area contributed by atoms with E-state index in [4.69, 9.17) is 4.42 Å².